The molecule has 3 heteroatoms. The van der Waals surface area contributed by atoms with Crippen LogP contribution in [-0.2, 0) is 0 Å². The standard InChI is InChI=1S/C10H20N2S/c1-10(2)3-4-13-7-9(10)12-5-8(11)6-12/h8-9H,3-7,11H2,1-2H3. The summed E-state index contributed by atoms with van der Waals surface area (Å²) >= 11 is 2.10. The Morgan fingerprint density at radius 1 is 1.38 bits per heavy atom. The Morgan fingerprint density at radius 3 is 2.62 bits per heavy atom. The fourth-order valence-electron chi connectivity index (χ4n) is 2.33. The molecule has 0 saturated carbocycles. The van der Waals surface area contributed by atoms with Gasteiger partial charge in [-0.25, -0.2) is 0 Å². The van der Waals surface area contributed by atoms with E-state index in [1.807, 2.05) is 0 Å². The number of hydrogen-bond donors (Lipinski definition) is 1. The SMILES string of the molecule is CC1(C)CCSCC1N1CC(N)C1. The van der Waals surface area contributed by atoms with Crippen LogP contribution in [0.4, 0.5) is 0 Å². The highest BCUT2D eigenvalue weighted by atomic mass is 32.2. The molecule has 2 saturated heterocycles. The third kappa shape index (κ3) is 1.88. The van der Waals surface area contributed by atoms with E-state index in [-0.39, 0.29) is 0 Å². The highest BCUT2D eigenvalue weighted by Crippen LogP contribution is 2.38. The monoisotopic (exact) mass is 200 g/mol. The third-order valence-corrected chi connectivity index (χ3v) is 4.49. The quantitative estimate of drug-likeness (QED) is 0.689. The lowest BCUT2D eigenvalue weighted by molar-refractivity contribution is 0.0329. The van der Waals surface area contributed by atoms with Gasteiger partial charge in [-0.15, -0.1) is 0 Å². The second kappa shape index (κ2) is 3.44. The van der Waals surface area contributed by atoms with Gasteiger partial charge in [0.2, 0.25) is 0 Å². The second-order valence-electron chi connectivity index (χ2n) is 5.04. The average Bonchev–Trinajstić information content (AvgIpc) is 1.99. The Morgan fingerprint density at radius 2 is 2.08 bits per heavy atom. The zero-order chi connectivity index (χ0) is 9.47. The Labute approximate surface area is 85.2 Å². The van der Waals surface area contributed by atoms with Crippen LogP contribution in [0.25, 0.3) is 0 Å². The van der Waals surface area contributed by atoms with E-state index >= 15 is 0 Å². The maximum Gasteiger partial charge on any atom is 0.0297 e. The Hall–Kier alpha value is 0.270. The molecule has 1 atom stereocenters. The van der Waals surface area contributed by atoms with Crippen molar-refractivity contribution in [3.05, 3.63) is 0 Å². The van der Waals surface area contributed by atoms with Crippen LogP contribution in [0.1, 0.15) is 20.3 Å². The van der Waals surface area contributed by atoms with Crippen molar-refractivity contribution in [2.45, 2.75) is 32.4 Å². The summed E-state index contributed by atoms with van der Waals surface area (Å²) in [4.78, 5) is 2.57. The zero-order valence-electron chi connectivity index (χ0n) is 8.62. The summed E-state index contributed by atoms with van der Waals surface area (Å²) in [5.41, 5.74) is 6.32. The summed E-state index contributed by atoms with van der Waals surface area (Å²) in [6.07, 6.45) is 1.36. The molecule has 2 rings (SSSR count). The minimum atomic E-state index is 0.447. The first-order valence-electron chi connectivity index (χ1n) is 5.17. The summed E-state index contributed by atoms with van der Waals surface area (Å²) in [5, 5.41) is 0. The van der Waals surface area contributed by atoms with E-state index in [9.17, 15) is 0 Å². The van der Waals surface area contributed by atoms with E-state index in [0.717, 1.165) is 19.1 Å². The lowest BCUT2D eigenvalue weighted by Gasteiger charge is -2.51. The molecule has 0 aromatic heterocycles. The van der Waals surface area contributed by atoms with Crippen LogP contribution < -0.4 is 5.73 Å². The van der Waals surface area contributed by atoms with E-state index < -0.39 is 0 Å². The topological polar surface area (TPSA) is 29.3 Å². The number of nitrogens with two attached hydrogens (primary N) is 1. The second-order valence-corrected chi connectivity index (χ2v) is 6.19. The molecule has 0 amide bonds. The predicted molar refractivity (Wildman–Crippen MR) is 59.1 cm³/mol. The first kappa shape index (κ1) is 9.81. The molecular formula is C10H20N2S. The molecule has 76 valence electrons. The number of likely N-dealkylation sites (tertiary alicyclic amines) is 1. The minimum Gasteiger partial charge on any atom is -0.325 e. The molecule has 0 bridgehead atoms. The molecule has 0 radical (unpaired) electrons. The predicted octanol–water partition coefficient (Wildman–Crippen LogP) is 1.16. The maximum absolute atomic E-state index is 5.82. The summed E-state index contributed by atoms with van der Waals surface area (Å²) in [7, 11) is 0. The molecule has 1 unspecified atom stereocenters. The van der Waals surface area contributed by atoms with Crippen LogP contribution >= 0.6 is 11.8 Å². The zero-order valence-corrected chi connectivity index (χ0v) is 9.44. The Bertz CT molecular complexity index is 187. The van der Waals surface area contributed by atoms with Crippen LogP contribution in [0.2, 0.25) is 0 Å². The molecule has 2 heterocycles. The molecule has 0 aliphatic carbocycles. The van der Waals surface area contributed by atoms with Gasteiger partial charge in [0, 0.05) is 30.9 Å². The molecule has 2 fully saturated rings. The van der Waals surface area contributed by atoms with Gasteiger partial charge in [-0.3, -0.25) is 4.90 Å². The lowest BCUT2D eigenvalue weighted by Crippen LogP contribution is -2.63. The highest BCUT2D eigenvalue weighted by Gasteiger charge is 2.40. The van der Waals surface area contributed by atoms with Crippen molar-refractivity contribution in [2.24, 2.45) is 11.1 Å². The van der Waals surface area contributed by atoms with Crippen molar-refractivity contribution >= 4 is 11.8 Å². The van der Waals surface area contributed by atoms with Gasteiger partial charge in [-0.2, -0.15) is 11.8 Å². The van der Waals surface area contributed by atoms with Crippen molar-refractivity contribution in [1.29, 1.82) is 0 Å². The summed E-state index contributed by atoms with van der Waals surface area (Å²) in [6.45, 7) is 7.05. The third-order valence-electron chi connectivity index (χ3n) is 3.45. The van der Waals surface area contributed by atoms with Gasteiger partial charge in [0.25, 0.3) is 0 Å². The molecule has 2 nitrogen and oxygen atoms in total. The average molecular weight is 200 g/mol. The first-order valence-corrected chi connectivity index (χ1v) is 6.32. The Kier molecular flexibility index (Phi) is 2.60. The lowest BCUT2D eigenvalue weighted by atomic mass is 9.80. The fraction of sp³-hybridized carbons (Fsp3) is 1.00. The first-order chi connectivity index (χ1) is 6.09. The summed E-state index contributed by atoms with van der Waals surface area (Å²) < 4.78 is 0. The van der Waals surface area contributed by atoms with Gasteiger partial charge in [-0.05, 0) is 17.6 Å². The van der Waals surface area contributed by atoms with Crippen molar-refractivity contribution in [3.8, 4) is 0 Å². The van der Waals surface area contributed by atoms with Gasteiger partial charge >= 0.3 is 0 Å². The van der Waals surface area contributed by atoms with Gasteiger partial charge < -0.3 is 5.73 Å². The largest absolute Gasteiger partial charge is 0.325 e. The minimum absolute atomic E-state index is 0.447. The normalized spacial score (nSPS) is 35.8. The van der Waals surface area contributed by atoms with Crippen molar-refractivity contribution in [2.75, 3.05) is 24.6 Å². The van der Waals surface area contributed by atoms with Crippen LogP contribution in [-0.4, -0.2) is 41.6 Å². The van der Waals surface area contributed by atoms with Gasteiger partial charge in [0.1, 0.15) is 0 Å². The van der Waals surface area contributed by atoms with E-state index in [4.69, 9.17) is 5.73 Å². The van der Waals surface area contributed by atoms with Crippen LogP contribution in [0.5, 0.6) is 0 Å². The summed E-state index contributed by atoms with van der Waals surface area (Å²) in [6, 6.07) is 1.22. The summed E-state index contributed by atoms with van der Waals surface area (Å²) in [5.74, 6) is 2.64. The molecule has 2 aliphatic rings. The van der Waals surface area contributed by atoms with E-state index in [2.05, 4.69) is 30.5 Å². The van der Waals surface area contributed by atoms with Crippen molar-refractivity contribution < 1.29 is 0 Å². The van der Waals surface area contributed by atoms with E-state index in [0.29, 0.717) is 11.5 Å². The van der Waals surface area contributed by atoms with Crippen molar-refractivity contribution in [3.63, 3.8) is 0 Å². The molecular weight excluding hydrogens is 180 g/mol. The van der Waals surface area contributed by atoms with Crippen LogP contribution in [0, 0.1) is 5.41 Å². The molecule has 2 aliphatic heterocycles. The van der Waals surface area contributed by atoms with Crippen LogP contribution in [0.15, 0.2) is 0 Å². The van der Waals surface area contributed by atoms with Gasteiger partial charge in [0.15, 0.2) is 0 Å². The number of thioether (sulfide) groups is 1. The van der Waals surface area contributed by atoms with Gasteiger partial charge in [0.05, 0.1) is 0 Å². The highest BCUT2D eigenvalue weighted by molar-refractivity contribution is 7.99. The molecule has 2 N–H and O–H groups in total. The smallest absolute Gasteiger partial charge is 0.0297 e. The molecule has 13 heavy (non-hydrogen) atoms. The number of nitrogens with zero attached hydrogens (tertiary/aromatic N) is 1. The van der Waals surface area contributed by atoms with E-state index in [1.165, 1.54) is 17.9 Å². The fourth-order valence-corrected chi connectivity index (χ4v) is 4.05. The molecule has 0 aromatic rings. The maximum atomic E-state index is 5.82. The number of hydrogen-bond acceptors (Lipinski definition) is 3. The van der Waals surface area contributed by atoms with E-state index in [1.54, 1.807) is 0 Å². The molecule has 0 aromatic carbocycles. The van der Waals surface area contributed by atoms with Crippen LogP contribution in [0.3, 0.4) is 0 Å². The molecule has 0 spiro atoms. The van der Waals surface area contributed by atoms with Crippen molar-refractivity contribution in [1.82, 2.24) is 4.90 Å². The Balaban J connectivity index is 1.96. The number of rotatable bonds is 1. The van der Waals surface area contributed by atoms with Gasteiger partial charge in [-0.1, -0.05) is 13.8 Å².